The molecule has 31 heavy (non-hydrogen) atoms. The Labute approximate surface area is 185 Å². The molecule has 1 heterocycles. The minimum Gasteiger partial charge on any atom is -0.466 e. The highest BCUT2D eigenvalue weighted by atomic mass is 16.5. The summed E-state index contributed by atoms with van der Waals surface area (Å²) in [4.78, 5) is 41.6. The van der Waals surface area contributed by atoms with Crippen LogP contribution in [0, 0.1) is 11.3 Å². The molecule has 1 aliphatic heterocycles. The van der Waals surface area contributed by atoms with Crippen molar-refractivity contribution < 1.29 is 19.1 Å². The summed E-state index contributed by atoms with van der Waals surface area (Å²) in [7, 11) is 0. The highest BCUT2D eigenvalue weighted by Gasteiger charge is 2.35. The van der Waals surface area contributed by atoms with Gasteiger partial charge in [0, 0.05) is 18.5 Å². The summed E-state index contributed by atoms with van der Waals surface area (Å²) in [6.45, 7) is 7.56. The predicted molar refractivity (Wildman–Crippen MR) is 119 cm³/mol. The maximum absolute atomic E-state index is 13.5. The number of hydrogen-bond acceptors (Lipinski definition) is 5. The van der Waals surface area contributed by atoms with Crippen LogP contribution in [0.2, 0.25) is 0 Å². The Balaban J connectivity index is 2.31. The molecule has 168 valence electrons. The van der Waals surface area contributed by atoms with Crippen molar-refractivity contribution in [3.8, 4) is 6.07 Å². The third-order valence-corrected chi connectivity index (χ3v) is 5.46. The van der Waals surface area contributed by atoms with Crippen LogP contribution in [0.1, 0.15) is 75.7 Å². The Bertz CT molecular complexity index is 844. The van der Waals surface area contributed by atoms with Gasteiger partial charge in [-0.3, -0.25) is 14.4 Å². The van der Waals surface area contributed by atoms with Gasteiger partial charge >= 0.3 is 5.97 Å². The van der Waals surface area contributed by atoms with E-state index < -0.39 is 6.04 Å². The Hall–Kier alpha value is -2.88. The molecule has 0 fully saturated rings. The maximum Gasteiger partial charge on any atom is 0.307 e. The molecule has 1 unspecified atom stereocenters. The molecule has 1 aliphatic rings. The molecule has 0 spiro atoms. The molecule has 0 radical (unpaired) electrons. The van der Waals surface area contributed by atoms with Gasteiger partial charge in [0.05, 0.1) is 30.3 Å². The summed E-state index contributed by atoms with van der Waals surface area (Å²) in [6.07, 6.45) is 4.17. The van der Waals surface area contributed by atoms with E-state index in [2.05, 4.69) is 6.07 Å². The van der Waals surface area contributed by atoms with Crippen LogP contribution in [-0.2, 0) is 20.7 Å². The lowest BCUT2D eigenvalue weighted by atomic mass is 10.0. The number of carbonyl (C=O) groups is 3. The second-order valence-electron chi connectivity index (χ2n) is 8.22. The monoisotopic (exact) mass is 427 g/mol. The Kier molecular flexibility index (Phi) is 9.04. The van der Waals surface area contributed by atoms with Gasteiger partial charge in [0.15, 0.2) is 0 Å². The molecule has 1 atom stereocenters. The zero-order chi connectivity index (χ0) is 23.0. The first kappa shape index (κ1) is 24.4. The molecule has 0 bridgehead atoms. The number of carbonyl (C=O) groups excluding carboxylic acids is 3. The van der Waals surface area contributed by atoms with E-state index in [1.54, 1.807) is 18.7 Å². The lowest BCUT2D eigenvalue weighted by Gasteiger charge is -2.28. The number of fused-ring (bicyclic) bond motifs is 1. The van der Waals surface area contributed by atoms with Crippen LogP contribution < -0.4 is 4.90 Å². The van der Waals surface area contributed by atoms with Crippen LogP contribution in [0.25, 0.3) is 0 Å². The van der Waals surface area contributed by atoms with Gasteiger partial charge in [0.25, 0.3) is 5.91 Å². The van der Waals surface area contributed by atoms with E-state index in [0.29, 0.717) is 17.7 Å². The van der Waals surface area contributed by atoms with Gasteiger partial charge < -0.3 is 14.5 Å². The van der Waals surface area contributed by atoms with Crippen molar-refractivity contribution in [2.24, 2.45) is 0 Å². The Morgan fingerprint density at radius 3 is 2.58 bits per heavy atom. The van der Waals surface area contributed by atoms with Crippen LogP contribution in [0.15, 0.2) is 18.2 Å². The number of aryl methyl sites for hydroxylation is 1. The van der Waals surface area contributed by atoms with Gasteiger partial charge in [-0.25, -0.2) is 0 Å². The van der Waals surface area contributed by atoms with Crippen molar-refractivity contribution in [1.29, 1.82) is 5.26 Å². The number of benzene rings is 1. The average molecular weight is 428 g/mol. The summed E-state index contributed by atoms with van der Waals surface area (Å²) >= 11 is 0. The van der Waals surface area contributed by atoms with Crippen molar-refractivity contribution in [1.82, 2.24) is 4.90 Å². The fourth-order valence-corrected chi connectivity index (χ4v) is 3.91. The lowest BCUT2D eigenvalue weighted by Crippen LogP contribution is -2.46. The van der Waals surface area contributed by atoms with Gasteiger partial charge in [-0.2, -0.15) is 5.26 Å². The molecule has 7 nitrogen and oxygen atoms in total. The van der Waals surface area contributed by atoms with E-state index >= 15 is 0 Å². The van der Waals surface area contributed by atoms with Crippen molar-refractivity contribution in [3.05, 3.63) is 29.3 Å². The maximum atomic E-state index is 13.5. The van der Waals surface area contributed by atoms with Gasteiger partial charge in [-0.15, -0.1) is 0 Å². The van der Waals surface area contributed by atoms with Crippen LogP contribution in [0.5, 0.6) is 0 Å². The van der Waals surface area contributed by atoms with E-state index in [0.717, 1.165) is 31.2 Å². The molecule has 0 saturated carbocycles. The second-order valence-corrected chi connectivity index (χ2v) is 8.22. The van der Waals surface area contributed by atoms with E-state index in [1.165, 1.54) is 4.90 Å². The van der Waals surface area contributed by atoms with E-state index in [4.69, 9.17) is 10.00 Å². The van der Waals surface area contributed by atoms with Crippen LogP contribution in [0.4, 0.5) is 5.69 Å². The number of hydrogen-bond donors (Lipinski definition) is 0. The Morgan fingerprint density at radius 1 is 1.19 bits per heavy atom. The van der Waals surface area contributed by atoms with Crippen molar-refractivity contribution in [2.75, 3.05) is 18.1 Å². The minimum absolute atomic E-state index is 0.0441. The third-order valence-electron chi connectivity index (χ3n) is 5.46. The summed E-state index contributed by atoms with van der Waals surface area (Å²) in [5.41, 5.74) is 2.13. The van der Waals surface area contributed by atoms with Crippen molar-refractivity contribution in [2.45, 2.75) is 78.3 Å². The molecule has 7 heteroatoms. The van der Waals surface area contributed by atoms with Gasteiger partial charge in [0.1, 0.15) is 6.54 Å². The zero-order valence-corrected chi connectivity index (χ0v) is 19.0. The summed E-state index contributed by atoms with van der Waals surface area (Å²) < 4.78 is 5.02. The number of unbranched alkanes of at least 4 members (excludes halogenated alkanes) is 3. The average Bonchev–Trinajstić information content (AvgIpc) is 2.82. The third kappa shape index (κ3) is 6.30. The molecule has 2 rings (SSSR count). The summed E-state index contributed by atoms with van der Waals surface area (Å²) in [5.74, 6) is -0.789. The first-order chi connectivity index (χ1) is 14.8. The zero-order valence-electron chi connectivity index (χ0n) is 19.0. The smallest absolute Gasteiger partial charge is 0.307 e. The number of anilines is 1. The molecule has 2 amide bonds. The molecule has 0 aromatic heterocycles. The number of nitrogens with zero attached hydrogens (tertiary/aromatic N) is 3. The largest absolute Gasteiger partial charge is 0.466 e. The number of amides is 2. The summed E-state index contributed by atoms with van der Waals surface area (Å²) in [5, 5.41) is 8.66. The predicted octanol–water partition coefficient (Wildman–Crippen LogP) is 3.85. The molecule has 1 aromatic rings. The first-order valence-corrected chi connectivity index (χ1v) is 11.1. The highest BCUT2D eigenvalue weighted by molar-refractivity contribution is 6.10. The topological polar surface area (TPSA) is 90.7 Å². The molecule has 0 N–H and O–H groups in total. The van der Waals surface area contributed by atoms with Gasteiger partial charge in [0.2, 0.25) is 5.91 Å². The van der Waals surface area contributed by atoms with Gasteiger partial charge in [-0.05, 0) is 64.7 Å². The molecular weight excluding hydrogens is 394 g/mol. The number of rotatable bonds is 10. The molecule has 0 saturated heterocycles. The standard InChI is InChI=1S/C24H33N3O4/c1-5-31-23(29)14-18(4)26-16-22(28)27(17(2)3)21-12-11-19(15-20(21)24(26)30)10-8-6-7-9-13-25/h11-12,15,17-18H,5-10,14,16H2,1-4H3. The fourth-order valence-electron chi connectivity index (χ4n) is 3.91. The van der Waals surface area contributed by atoms with Crippen molar-refractivity contribution >= 4 is 23.5 Å². The summed E-state index contributed by atoms with van der Waals surface area (Å²) in [6, 6.07) is 7.30. The Morgan fingerprint density at radius 2 is 1.94 bits per heavy atom. The van der Waals surface area contributed by atoms with E-state index in [-0.39, 0.29) is 43.4 Å². The quantitative estimate of drug-likeness (QED) is 0.418. The molecular formula is C24H33N3O4. The molecule has 1 aromatic carbocycles. The van der Waals surface area contributed by atoms with Crippen molar-refractivity contribution in [3.63, 3.8) is 0 Å². The highest BCUT2D eigenvalue weighted by Crippen LogP contribution is 2.30. The van der Waals surface area contributed by atoms with Crippen LogP contribution >= 0.6 is 0 Å². The SMILES string of the molecule is CCOC(=O)CC(C)N1CC(=O)N(C(C)C)c2ccc(CCCCCC#N)cc2C1=O. The van der Waals surface area contributed by atoms with E-state index in [1.807, 2.05) is 32.0 Å². The number of esters is 1. The molecule has 0 aliphatic carbocycles. The number of nitriles is 1. The number of ether oxygens (including phenoxy) is 1. The fraction of sp³-hybridized carbons (Fsp3) is 0.583. The first-order valence-electron chi connectivity index (χ1n) is 11.1. The normalized spacial score (nSPS) is 14.8. The minimum atomic E-state index is -0.454. The van der Waals surface area contributed by atoms with Gasteiger partial charge in [-0.1, -0.05) is 12.5 Å². The lowest BCUT2D eigenvalue weighted by molar-refractivity contribution is -0.144. The second kappa shape index (κ2) is 11.5. The van der Waals surface area contributed by atoms with E-state index in [9.17, 15) is 14.4 Å². The van der Waals surface area contributed by atoms with Crippen LogP contribution in [0.3, 0.4) is 0 Å². The van der Waals surface area contributed by atoms with Crippen LogP contribution in [-0.4, -0.2) is 47.9 Å².